The molecule has 0 N–H and O–H groups in total. The van der Waals surface area contributed by atoms with Crippen molar-refractivity contribution in [3.63, 3.8) is 0 Å². The van der Waals surface area contributed by atoms with Crippen molar-refractivity contribution in [2.75, 3.05) is 33.0 Å². The van der Waals surface area contributed by atoms with Crippen LogP contribution in [0, 0.1) is 0 Å². The summed E-state index contributed by atoms with van der Waals surface area (Å²) in [4.78, 5) is 56.2. The first-order chi connectivity index (χ1) is 17.0. The summed E-state index contributed by atoms with van der Waals surface area (Å²) in [7, 11) is 0. The van der Waals surface area contributed by atoms with Crippen molar-refractivity contribution in [3.05, 3.63) is 59.7 Å². The zero-order valence-corrected chi connectivity index (χ0v) is 19.4. The summed E-state index contributed by atoms with van der Waals surface area (Å²) in [6, 6.07) is 14.4. The molecule has 0 radical (unpaired) electrons. The Bertz CT molecular complexity index is 1150. The molecular weight excluding hydrogens is 450 g/mol. The molecule has 0 aliphatic carbocycles. The predicted octanol–water partition coefficient (Wildman–Crippen LogP) is 1.69. The largest absolute Gasteiger partial charge is 0.454 e. The van der Waals surface area contributed by atoms with Crippen LogP contribution < -0.4 is 9.47 Å². The first kappa shape index (κ1) is 22.9. The van der Waals surface area contributed by atoms with E-state index in [2.05, 4.69) is 0 Å². The summed E-state index contributed by atoms with van der Waals surface area (Å²) in [6.45, 7) is 2.20. The van der Waals surface area contributed by atoms with Crippen molar-refractivity contribution in [2.24, 2.45) is 0 Å². The quantitative estimate of drug-likeness (QED) is 0.464. The number of fused-ring (bicyclic) bond motifs is 1. The van der Waals surface area contributed by atoms with E-state index in [-0.39, 0.29) is 43.9 Å². The van der Waals surface area contributed by atoms with Gasteiger partial charge < -0.3 is 19.3 Å². The Labute approximate surface area is 203 Å². The number of carbonyl (C=O) groups excluding carboxylic acids is 4. The van der Waals surface area contributed by atoms with Gasteiger partial charge in [0.15, 0.2) is 11.5 Å². The van der Waals surface area contributed by atoms with E-state index in [0.29, 0.717) is 49.7 Å². The second kappa shape index (κ2) is 9.40. The molecule has 3 aliphatic rings. The monoisotopic (exact) mass is 477 g/mol. The van der Waals surface area contributed by atoms with Crippen LogP contribution in [0.25, 0.3) is 0 Å². The molecule has 3 aliphatic heterocycles. The van der Waals surface area contributed by atoms with Gasteiger partial charge in [0.25, 0.3) is 0 Å². The number of amides is 4. The van der Waals surface area contributed by atoms with Crippen LogP contribution in [0.15, 0.2) is 48.5 Å². The Balaban J connectivity index is 1.41. The van der Waals surface area contributed by atoms with Crippen LogP contribution in [0.3, 0.4) is 0 Å². The van der Waals surface area contributed by atoms with E-state index in [0.717, 1.165) is 12.0 Å². The molecule has 9 heteroatoms. The van der Waals surface area contributed by atoms with E-state index >= 15 is 0 Å². The Kier molecular flexibility index (Phi) is 6.15. The minimum atomic E-state index is -1.26. The average Bonchev–Trinajstić information content (AvgIpc) is 3.32. The highest BCUT2D eigenvalue weighted by Gasteiger charge is 2.54. The maximum absolute atomic E-state index is 13.9. The molecule has 5 rings (SSSR count). The minimum absolute atomic E-state index is 0.0690. The highest BCUT2D eigenvalue weighted by Crippen LogP contribution is 2.41. The second-order valence-corrected chi connectivity index (χ2v) is 9.15. The molecule has 35 heavy (non-hydrogen) atoms. The molecule has 0 aromatic heterocycles. The van der Waals surface area contributed by atoms with Gasteiger partial charge in [-0.2, -0.15) is 0 Å². The van der Waals surface area contributed by atoms with Crippen LogP contribution in [0.2, 0.25) is 0 Å². The predicted molar refractivity (Wildman–Crippen MR) is 124 cm³/mol. The number of benzene rings is 2. The molecule has 1 atom stereocenters. The number of ether oxygens (including phenoxy) is 2. The molecule has 1 unspecified atom stereocenters. The molecule has 2 aromatic rings. The Morgan fingerprint density at radius 1 is 0.971 bits per heavy atom. The van der Waals surface area contributed by atoms with Crippen LogP contribution in [0.1, 0.15) is 30.4 Å². The van der Waals surface area contributed by atoms with Gasteiger partial charge in [-0.05, 0) is 29.7 Å². The van der Waals surface area contributed by atoms with Crippen LogP contribution in [0.5, 0.6) is 11.5 Å². The van der Waals surface area contributed by atoms with Gasteiger partial charge in [-0.1, -0.05) is 36.4 Å². The smallest absolute Gasteiger partial charge is 0.241 e. The third kappa shape index (κ3) is 4.34. The van der Waals surface area contributed by atoms with Crippen molar-refractivity contribution in [3.8, 4) is 11.5 Å². The summed E-state index contributed by atoms with van der Waals surface area (Å²) < 4.78 is 10.8. The summed E-state index contributed by atoms with van der Waals surface area (Å²) in [5.74, 6) is 0.336. The highest BCUT2D eigenvalue weighted by atomic mass is 16.7. The van der Waals surface area contributed by atoms with Crippen molar-refractivity contribution in [1.82, 2.24) is 14.7 Å². The van der Waals surface area contributed by atoms with E-state index in [1.807, 2.05) is 18.2 Å². The fourth-order valence-electron chi connectivity index (χ4n) is 5.07. The SMILES string of the molecule is O=CN1CCCN(C(=O)CC2(c3ccccc3)CC(=O)N(Cc3ccc4c(c3)OCO4)C2=O)CC1. The summed E-state index contributed by atoms with van der Waals surface area (Å²) in [6.07, 6.45) is 1.30. The van der Waals surface area contributed by atoms with E-state index in [1.54, 1.807) is 40.1 Å². The van der Waals surface area contributed by atoms with Gasteiger partial charge >= 0.3 is 0 Å². The third-order valence-electron chi connectivity index (χ3n) is 7.00. The van der Waals surface area contributed by atoms with Crippen molar-refractivity contribution >= 4 is 24.1 Å². The summed E-state index contributed by atoms with van der Waals surface area (Å²) in [5, 5.41) is 0. The van der Waals surface area contributed by atoms with Gasteiger partial charge in [-0.25, -0.2) is 0 Å². The van der Waals surface area contributed by atoms with E-state index in [4.69, 9.17) is 9.47 Å². The standard InChI is InChI=1S/C26H27N3O6/c30-17-27-9-4-10-28(12-11-27)23(31)14-26(20-5-2-1-3-6-20)15-24(32)29(25(26)33)16-19-7-8-21-22(13-19)35-18-34-21/h1-3,5-8,13,17H,4,9-12,14-16,18H2. The van der Waals surface area contributed by atoms with Gasteiger partial charge in [-0.3, -0.25) is 24.1 Å². The molecule has 0 saturated carbocycles. The number of hydrogen-bond acceptors (Lipinski definition) is 6. The Morgan fingerprint density at radius 3 is 2.57 bits per heavy atom. The van der Waals surface area contributed by atoms with Crippen molar-refractivity contribution < 1.29 is 28.7 Å². The van der Waals surface area contributed by atoms with E-state index in [9.17, 15) is 19.2 Å². The molecule has 0 spiro atoms. The Hall–Kier alpha value is -3.88. The lowest BCUT2D eigenvalue weighted by Crippen LogP contribution is -2.44. The zero-order valence-electron chi connectivity index (χ0n) is 19.4. The van der Waals surface area contributed by atoms with Crippen LogP contribution in [0.4, 0.5) is 0 Å². The average molecular weight is 478 g/mol. The zero-order chi connectivity index (χ0) is 24.4. The maximum Gasteiger partial charge on any atom is 0.241 e. The lowest BCUT2D eigenvalue weighted by Gasteiger charge is -2.30. The first-order valence-electron chi connectivity index (χ1n) is 11.8. The number of nitrogens with zero attached hydrogens (tertiary/aromatic N) is 3. The number of imide groups is 1. The fourth-order valence-corrected chi connectivity index (χ4v) is 5.07. The first-order valence-corrected chi connectivity index (χ1v) is 11.8. The van der Waals surface area contributed by atoms with E-state index in [1.165, 1.54) is 4.90 Å². The number of hydrogen-bond donors (Lipinski definition) is 0. The van der Waals surface area contributed by atoms with Gasteiger partial charge in [-0.15, -0.1) is 0 Å². The molecule has 9 nitrogen and oxygen atoms in total. The molecule has 3 heterocycles. The lowest BCUT2D eigenvalue weighted by molar-refractivity contribution is -0.143. The summed E-state index contributed by atoms with van der Waals surface area (Å²) >= 11 is 0. The Morgan fingerprint density at radius 2 is 1.77 bits per heavy atom. The molecule has 4 amide bonds. The van der Waals surface area contributed by atoms with Crippen molar-refractivity contribution in [2.45, 2.75) is 31.2 Å². The normalized spacial score (nSPS) is 21.9. The molecule has 2 fully saturated rings. The molecule has 2 aromatic carbocycles. The van der Waals surface area contributed by atoms with Gasteiger partial charge in [0.1, 0.15) is 0 Å². The minimum Gasteiger partial charge on any atom is -0.454 e. The maximum atomic E-state index is 13.9. The van der Waals surface area contributed by atoms with Crippen LogP contribution >= 0.6 is 0 Å². The van der Waals surface area contributed by atoms with Crippen LogP contribution in [-0.2, 0) is 31.1 Å². The molecule has 182 valence electrons. The lowest BCUT2D eigenvalue weighted by atomic mass is 9.75. The van der Waals surface area contributed by atoms with Gasteiger partial charge in [0.05, 0.1) is 12.0 Å². The van der Waals surface area contributed by atoms with E-state index < -0.39 is 5.41 Å². The van der Waals surface area contributed by atoms with Crippen LogP contribution in [-0.4, -0.2) is 71.8 Å². The highest BCUT2D eigenvalue weighted by molar-refractivity contribution is 6.10. The fraction of sp³-hybridized carbons (Fsp3) is 0.385. The van der Waals surface area contributed by atoms with Gasteiger partial charge in [0, 0.05) is 39.0 Å². The number of carbonyl (C=O) groups is 4. The molecule has 2 saturated heterocycles. The van der Waals surface area contributed by atoms with Gasteiger partial charge in [0.2, 0.25) is 30.9 Å². The van der Waals surface area contributed by atoms with Crippen molar-refractivity contribution in [1.29, 1.82) is 0 Å². The molecule has 0 bridgehead atoms. The number of likely N-dealkylation sites (tertiary alicyclic amines) is 1. The summed E-state index contributed by atoms with van der Waals surface area (Å²) in [5.41, 5.74) is 0.138. The number of rotatable bonds is 6. The topological polar surface area (TPSA) is 96.5 Å². The third-order valence-corrected chi connectivity index (χ3v) is 7.00. The second-order valence-electron chi connectivity index (χ2n) is 9.15. The molecular formula is C26H27N3O6.